The third-order valence-electron chi connectivity index (χ3n) is 4.37. The highest BCUT2D eigenvalue weighted by atomic mass is 19.1. The minimum Gasteiger partial charge on any atom is -0.461 e. The summed E-state index contributed by atoms with van der Waals surface area (Å²) in [5.41, 5.74) is 0.889. The van der Waals surface area contributed by atoms with Crippen molar-refractivity contribution >= 4 is 28.5 Å². The maximum atomic E-state index is 13.7. The van der Waals surface area contributed by atoms with E-state index in [9.17, 15) is 14.0 Å². The van der Waals surface area contributed by atoms with Crippen molar-refractivity contribution in [1.29, 1.82) is 0 Å². The Balaban J connectivity index is 1.83. The Morgan fingerprint density at radius 1 is 1.33 bits per heavy atom. The van der Waals surface area contributed by atoms with Gasteiger partial charge in [-0.2, -0.15) is 0 Å². The molecule has 2 heterocycles. The van der Waals surface area contributed by atoms with Crippen LogP contribution in [0.4, 0.5) is 10.1 Å². The van der Waals surface area contributed by atoms with Gasteiger partial charge in [0.15, 0.2) is 0 Å². The molecule has 0 spiro atoms. The van der Waals surface area contributed by atoms with Crippen LogP contribution in [-0.4, -0.2) is 60.2 Å². The molecule has 8 heteroatoms. The quantitative estimate of drug-likeness (QED) is 0.783. The predicted octanol–water partition coefficient (Wildman–Crippen LogP) is 2.53. The number of amides is 1. The van der Waals surface area contributed by atoms with Gasteiger partial charge in [-0.25, -0.2) is 9.18 Å². The number of H-pyrrole nitrogens is 1. The first-order valence-corrected chi connectivity index (χ1v) is 9.03. The Kier molecular flexibility index (Phi) is 5.76. The third-order valence-corrected chi connectivity index (χ3v) is 4.37. The summed E-state index contributed by atoms with van der Waals surface area (Å²) in [5.74, 6) is -1.34. The molecule has 1 aromatic carbocycles. The number of aromatic amines is 1. The molecule has 1 fully saturated rings. The van der Waals surface area contributed by atoms with Crippen molar-refractivity contribution in [2.75, 3.05) is 31.6 Å². The standard InChI is InChI=1S/C19H24FN3O4/c1-4-26-19(25)18-17(14-7-13(20)5-6-15(14)21-18)22-16(24)10-23-8-11(2)27-12(3)9-23/h5-7,11-12,21H,4,8-10H2,1-3H3,(H,22,24)/t11-,12-/m0/s1. The van der Waals surface area contributed by atoms with E-state index < -0.39 is 11.8 Å². The number of anilines is 1. The van der Waals surface area contributed by atoms with Crippen molar-refractivity contribution in [3.05, 3.63) is 29.7 Å². The summed E-state index contributed by atoms with van der Waals surface area (Å²) in [7, 11) is 0. The zero-order chi connectivity index (χ0) is 19.6. The number of rotatable bonds is 5. The SMILES string of the molecule is CCOC(=O)c1[nH]c2ccc(F)cc2c1NC(=O)CN1C[C@H](C)O[C@@H](C)C1. The molecular formula is C19H24FN3O4. The number of hydrogen-bond donors (Lipinski definition) is 2. The fourth-order valence-corrected chi connectivity index (χ4v) is 3.45. The first kappa shape index (κ1) is 19.3. The van der Waals surface area contributed by atoms with Crippen molar-refractivity contribution in [3.8, 4) is 0 Å². The molecule has 27 heavy (non-hydrogen) atoms. The molecular weight excluding hydrogens is 353 g/mol. The van der Waals surface area contributed by atoms with Crippen molar-refractivity contribution in [1.82, 2.24) is 9.88 Å². The molecule has 1 saturated heterocycles. The van der Waals surface area contributed by atoms with E-state index in [2.05, 4.69) is 10.3 Å². The summed E-state index contributed by atoms with van der Waals surface area (Å²) >= 11 is 0. The number of hydrogen-bond acceptors (Lipinski definition) is 5. The number of nitrogens with one attached hydrogen (secondary N) is 2. The van der Waals surface area contributed by atoms with Gasteiger partial charge in [0.25, 0.3) is 0 Å². The number of fused-ring (bicyclic) bond motifs is 1. The van der Waals surface area contributed by atoms with E-state index in [-0.39, 0.29) is 42.6 Å². The van der Waals surface area contributed by atoms with Crippen LogP contribution >= 0.6 is 0 Å². The van der Waals surface area contributed by atoms with Crippen LogP contribution in [0.25, 0.3) is 10.9 Å². The first-order valence-electron chi connectivity index (χ1n) is 9.03. The van der Waals surface area contributed by atoms with Crippen LogP contribution in [0.2, 0.25) is 0 Å². The van der Waals surface area contributed by atoms with Crippen LogP contribution in [0.5, 0.6) is 0 Å². The fourth-order valence-electron chi connectivity index (χ4n) is 3.45. The highest BCUT2D eigenvalue weighted by Crippen LogP contribution is 2.29. The second kappa shape index (κ2) is 8.06. The topological polar surface area (TPSA) is 83.7 Å². The largest absolute Gasteiger partial charge is 0.461 e. The Bertz CT molecular complexity index is 841. The second-order valence-corrected chi connectivity index (χ2v) is 6.78. The van der Waals surface area contributed by atoms with Gasteiger partial charge in [0.1, 0.15) is 11.5 Å². The molecule has 0 aliphatic carbocycles. The number of aromatic nitrogens is 1. The number of nitrogens with zero attached hydrogens (tertiary/aromatic N) is 1. The van der Waals surface area contributed by atoms with Crippen LogP contribution < -0.4 is 5.32 Å². The number of esters is 1. The smallest absolute Gasteiger partial charge is 0.356 e. The summed E-state index contributed by atoms with van der Waals surface area (Å²) in [6.45, 7) is 7.25. The summed E-state index contributed by atoms with van der Waals surface area (Å²) < 4.78 is 24.4. The molecule has 0 saturated carbocycles. The maximum absolute atomic E-state index is 13.7. The van der Waals surface area contributed by atoms with Crippen LogP contribution in [0, 0.1) is 5.82 Å². The van der Waals surface area contributed by atoms with Gasteiger partial charge in [-0.15, -0.1) is 0 Å². The van der Waals surface area contributed by atoms with E-state index in [1.165, 1.54) is 18.2 Å². The van der Waals surface area contributed by atoms with Gasteiger partial charge < -0.3 is 19.8 Å². The lowest BCUT2D eigenvalue weighted by Crippen LogP contribution is -2.48. The van der Waals surface area contributed by atoms with Crippen LogP contribution in [0.1, 0.15) is 31.3 Å². The molecule has 146 valence electrons. The molecule has 0 radical (unpaired) electrons. The average molecular weight is 377 g/mol. The zero-order valence-corrected chi connectivity index (χ0v) is 15.7. The van der Waals surface area contributed by atoms with Gasteiger partial charge in [0.05, 0.1) is 31.0 Å². The molecule has 2 aromatic rings. The molecule has 1 amide bonds. The Morgan fingerprint density at radius 3 is 2.70 bits per heavy atom. The number of ether oxygens (including phenoxy) is 2. The molecule has 0 bridgehead atoms. The lowest BCUT2D eigenvalue weighted by molar-refractivity contribution is -0.121. The van der Waals surface area contributed by atoms with Gasteiger partial charge in [-0.3, -0.25) is 9.69 Å². The molecule has 0 unspecified atom stereocenters. The highest BCUT2D eigenvalue weighted by molar-refractivity contribution is 6.11. The summed E-state index contributed by atoms with van der Waals surface area (Å²) in [6, 6.07) is 4.09. The molecule has 1 aliphatic rings. The van der Waals surface area contributed by atoms with Crippen molar-refractivity contribution in [2.24, 2.45) is 0 Å². The predicted molar refractivity (Wildman–Crippen MR) is 99.3 cm³/mol. The highest BCUT2D eigenvalue weighted by Gasteiger charge is 2.25. The van der Waals surface area contributed by atoms with E-state index >= 15 is 0 Å². The number of carbonyl (C=O) groups excluding carboxylic acids is 2. The fraction of sp³-hybridized carbons (Fsp3) is 0.474. The molecule has 3 rings (SSSR count). The summed E-state index contributed by atoms with van der Waals surface area (Å²) in [5, 5.41) is 3.18. The molecule has 7 nitrogen and oxygen atoms in total. The average Bonchev–Trinajstić information content (AvgIpc) is 2.92. The summed E-state index contributed by atoms with van der Waals surface area (Å²) in [4.78, 5) is 29.8. The van der Waals surface area contributed by atoms with Crippen molar-refractivity contribution in [2.45, 2.75) is 33.0 Å². The van der Waals surface area contributed by atoms with E-state index in [1.807, 2.05) is 18.7 Å². The Labute approximate surface area is 156 Å². The van der Waals surface area contributed by atoms with E-state index in [4.69, 9.17) is 9.47 Å². The van der Waals surface area contributed by atoms with E-state index in [0.29, 0.717) is 24.0 Å². The van der Waals surface area contributed by atoms with E-state index in [0.717, 1.165) is 0 Å². The maximum Gasteiger partial charge on any atom is 0.356 e. The Hall–Kier alpha value is -2.45. The number of halogens is 1. The molecule has 2 atom stereocenters. The molecule has 1 aliphatic heterocycles. The first-order chi connectivity index (χ1) is 12.9. The van der Waals surface area contributed by atoms with Gasteiger partial charge in [0, 0.05) is 24.0 Å². The lowest BCUT2D eigenvalue weighted by atomic mass is 10.2. The minimum absolute atomic E-state index is 0.0406. The third kappa shape index (κ3) is 4.45. The number of benzene rings is 1. The second-order valence-electron chi connectivity index (χ2n) is 6.78. The molecule has 2 N–H and O–H groups in total. The van der Waals surface area contributed by atoms with Gasteiger partial charge in [-0.1, -0.05) is 0 Å². The van der Waals surface area contributed by atoms with Crippen molar-refractivity contribution in [3.63, 3.8) is 0 Å². The van der Waals surface area contributed by atoms with E-state index in [1.54, 1.807) is 6.92 Å². The van der Waals surface area contributed by atoms with Gasteiger partial charge in [0.2, 0.25) is 5.91 Å². The van der Waals surface area contributed by atoms with Gasteiger partial charge >= 0.3 is 5.97 Å². The monoisotopic (exact) mass is 377 g/mol. The lowest BCUT2D eigenvalue weighted by Gasteiger charge is -2.34. The summed E-state index contributed by atoms with van der Waals surface area (Å²) in [6.07, 6.45) is 0.0812. The van der Waals surface area contributed by atoms with Crippen LogP contribution in [0.3, 0.4) is 0 Å². The zero-order valence-electron chi connectivity index (χ0n) is 15.7. The van der Waals surface area contributed by atoms with Crippen LogP contribution in [0.15, 0.2) is 18.2 Å². The molecule has 1 aromatic heterocycles. The van der Waals surface area contributed by atoms with Crippen molar-refractivity contribution < 1.29 is 23.5 Å². The van der Waals surface area contributed by atoms with Crippen LogP contribution in [-0.2, 0) is 14.3 Å². The minimum atomic E-state index is -0.599. The van der Waals surface area contributed by atoms with Gasteiger partial charge in [-0.05, 0) is 39.0 Å². The number of carbonyl (C=O) groups is 2. The normalized spacial score (nSPS) is 20.6. The number of morpholine rings is 1. The Morgan fingerprint density at radius 2 is 2.04 bits per heavy atom.